The molecule has 1 aliphatic carbocycles. The van der Waals surface area contributed by atoms with Gasteiger partial charge >= 0.3 is 0 Å². The zero-order valence-electron chi connectivity index (χ0n) is 21.4. The van der Waals surface area contributed by atoms with Crippen LogP contribution in [0.15, 0.2) is 54.6 Å². The topological polar surface area (TPSA) is 78.5 Å². The first-order valence-electron chi connectivity index (χ1n) is 13.3. The van der Waals surface area contributed by atoms with Crippen LogP contribution in [0.4, 0.5) is 13.2 Å². The number of amides is 1. The van der Waals surface area contributed by atoms with Gasteiger partial charge in [0.25, 0.3) is 0 Å². The highest BCUT2D eigenvalue weighted by molar-refractivity contribution is 7.90. The van der Waals surface area contributed by atoms with E-state index in [0.29, 0.717) is 13.0 Å². The fourth-order valence-electron chi connectivity index (χ4n) is 5.28. The molecular formula is C29H40F3N3O3S. The molecule has 1 saturated carbocycles. The molecule has 1 heterocycles. The Hall–Kier alpha value is -2.43. The van der Waals surface area contributed by atoms with Gasteiger partial charge in [-0.25, -0.2) is 26.3 Å². The number of nitrogens with one attached hydrogen (secondary N) is 2. The van der Waals surface area contributed by atoms with Gasteiger partial charge in [0, 0.05) is 38.0 Å². The molecule has 4 rings (SSSR count). The van der Waals surface area contributed by atoms with Crippen LogP contribution in [0.1, 0.15) is 69.5 Å². The van der Waals surface area contributed by atoms with Gasteiger partial charge in [0.15, 0.2) is 0 Å². The average Bonchev–Trinajstić information content (AvgIpc) is 2.89. The number of sulfonamides is 1. The molecule has 1 atom stereocenters. The first-order chi connectivity index (χ1) is 18.1. The first kappa shape index (κ1) is 31.1. The Bertz CT molecular complexity index is 1150. The molecule has 2 aromatic rings. The van der Waals surface area contributed by atoms with Crippen LogP contribution < -0.4 is 10.0 Å². The van der Waals surface area contributed by atoms with E-state index in [1.165, 1.54) is 12.1 Å². The summed E-state index contributed by atoms with van der Waals surface area (Å²) in [6.45, 7) is 2.21. The number of piperidine rings is 1. The van der Waals surface area contributed by atoms with Crippen molar-refractivity contribution in [2.75, 3.05) is 19.6 Å². The van der Waals surface area contributed by atoms with Crippen molar-refractivity contribution in [1.29, 1.82) is 0 Å². The average molecular weight is 568 g/mol. The predicted octanol–water partition coefficient (Wildman–Crippen LogP) is 5.21. The minimum absolute atomic E-state index is 0. The highest BCUT2D eigenvalue weighted by Crippen LogP contribution is 2.36. The van der Waals surface area contributed by atoms with Crippen molar-refractivity contribution in [2.45, 2.75) is 82.0 Å². The molecule has 1 saturated heterocycles. The van der Waals surface area contributed by atoms with Crippen LogP contribution in [0.3, 0.4) is 0 Å². The second-order valence-electron chi connectivity index (χ2n) is 10.5. The van der Waals surface area contributed by atoms with Gasteiger partial charge in [-0.2, -0.15) is 0 Å². The number of likely N-dealkylation sites (tertiary alicyclic amines) is 1. The number of nitrogens with zero attached hydrogens (tertiary/aromatic N) is 1. The number of carbonyl (C=O) groups is 1. The fourth-order valence-corrected chi connectivity index (χ4v) is 6.98. The maximum atomic E-state index is 13.6. The number of rotatable bonds is 10. The monoisotopic (exact) mass is 567 g/mol. The largest absolute Gasteiger partial charge is 0.353 e. The van der Waals surface area contributed by atoms with E-state index in [4.69, 9.17) is 0 Å². The zero-order valence-corrected chi connectivity index (χ0v) is 22.2. The van der Waals surface area contributed by atoms with Crippen molar-refractivity contribution < 1.29 is 26.4 Å². The Labute approximate surface area is 230 Å². The van der Waals surface area contributed by atoms with E-state index in [1.54, 1.807) is 12.1 Å². The summed E-state index contributed by atoms with van der Waals surface area (Å²) in [4.78, 5) is 14.7. The second kappa shape index (κ2) is 13.8. The lowest BCUT2D eigenvalue weighted by Gasteiger charge is -2.34. The molecule has 2 N–H and O–H groups in total. The molecule has 1 aliphatic heterocycles. The summed E-state index contributed by atoms with van der Waals surface area (Å²) in [5.41, 5.74) is 1.61. The summed E-state index contributed by atoms with van der Waals surface area (Å²) in [7, 11) is -3.75. The van der Waals surface area contributed by atoms with Gasteiger partial charge in [-0.15, -0.1) is 0 Å². The fraction of sp³-hybridized carbons (Fsp3) is 0.552. The number of alkyl halides is 2. The molecule has 2 aliphatic rings. The minimum atomic E-state index is -3.75. The summed E-state index contributed by atoms with van der Waals surface area (Å²) in [5, 5.41) is 2.26. The maximum Gasteiger partial charge on any atom is 0.248 e. The normalized spacial score (nSPS) is 19.7. The molecule has 0 radical (unpaired) electrons. The van der Waals surface area contributed by atoms with E-state index in [2.05, 4.69) is 14.9 Å². The summed E-state index contributed by atoms with van der Waals surface area (Å²) in [6.07, 6.45) is 1.45. The Balaban J connectivity index is 0.00000420. The second-order valence-corrected chi connectivity index (χ2v) is 12.4. The molecule has 2 aromatic carbocycles. The lowest BCUT2D eigenvalue weighted by molar-refractivity contribution is -0.121. The Morgan fingerprint density at radius 2 is 1.59 bits per heavy atom. The summed E-state index contributed by atoms with van der Waals surface area (Å²) >= 11 is 0. The number of halogens is 3. The number of hydrogen-bond acceptors (Lipinski definition) is 4. The zero-order chi connectivity index (χ0) is 27.2. The van der Waals surface area contributed by atoms with Crippen molar-refractivity contribution in [3.05, 3.63) is 71.5 Å². The summed E-state index contributed by atoms with van der Waals surface area (Å²) in [5.74, 6) is -3.20. The van der Waals surface area contributed by atoms with E-state index in [-0.39, 0.29) is 44.5 Å². The van der Waals surface area contributed by atoms with E-state index in [9.17, 15) is 26.4 Å². The molecule has 216 valence electrons. The standard InChI is InChI=1S/C28H36F3N3O3S.CH4/c29-23-8-6-21(7-9-23)20-27(35)32-24-12-17-34(18-13-24)19-14-26(22-4-2-1-3-5-22)33-38(36,37)25-10-15-28(30,31)16-11-25;/h1-9,24-26,33H,10-20H2,(H,32,35);1H4/t26-;/m0./s1. The van der Waals surface area contributed by atoms with Gasteiger partial charge in [-0.1, -0.05) is 49.9 Å². The predicted molar refractivity (Wildman–Crippen MR) is 147 cm³/mol. The van der Waals surface area contributed by atoms with Crippen molar-refractivity contribution in [3.63, 3.8) is 0 Å². The van der Waals surface area contributed by atoms with Crippen LogP contribution in [0.2, 0.25) is 0 Å². The smallest absolute Gasteiger partial charge is 0.248 e. The van der Waals surface area contributed by atoms with E-state index in [1.807, 2.05) is 30.3 Å². The number of benzene rings is 2. The SMILES string of the molecule is C.O=C(Cc1ccc(F)cc1)NC1CCN(CC[C@H](NS(=O)(=O)C2CCC(F)(F)CC2)c2ccccc2)CC1. The van der Waals surface area contributed by atoms with Crippen molar-refractivity contribution in [3.8, 4) is 0 Å². The van der Waals surface area contributed by atoms with Crippen LogP contribution in [-0.4, -0.2) is 56.1 Å². The molecule has 2 fully saturated rings. The Morgan fingerprint density at radius 3 is 2.21 bits per heavy atom. The van der Waals surface area contributed by atoms with Crippen LogP contribution in [0.5, 0.6) is 0 Å². The third-order valence-corrected chi connectivity index (χ3v) is 9.54. The summed E-state index contributed by atoms with van der Waals surface area (Å²) < 4.78 is 69.2. The highest BCUT2D eigenvalue weighted by atomic mass is 32.2. The molecule has 6 nitrogen and oxygen atoms in total. The highest BCUT2D eigenvalue weighted by Gasteiger charge is 2.40. The van der Waals surface area contributed by atoms with Gasteiger partial charge in [-0.05, 0) is 61.9 Å². The molecule has 0 spiro atoms. The number of hydrogen-bond donors (Lipinski definition) is 2. The summed E-state index contributed by atoms with van der Waals surface area (Å²) in [6, 6.07) is 14.9. The van der Waals surface area contributed by atoms with Gasteiger partial charge in [-0.3, -0.25) is 4.79 Å². The molecule has 0 aromatic heterocycles. The number of carbonyl (C=O) groups excluding carboxylic acids is 1. The van der Waals surface area contributed by atoms with E-state index in [0.717, 1.165) is 37.1 Å². The molecular weight excluding hydrogens is 527 g/mol. The minimum Gasteiger partial charge on any atom is -0.353 e. The van der Waals surface area contributed by atoms with Crippen molar-refractivity contribution in [2.24, 2.45) is 0 Å². The van der Waals surface area contributed by atoms with Gasteiger partial charge in [0.1, 0.15) is 5.82 Å². The van der Waals surface area contributed by atoms with E-state index >= 15 is 0 Å². The van der Waals surface area contributed by atoms with Crippen LogP contribution >= 0.6 is 0 Å². The maximum absolute atomic E-state index is 13.6. The van der Waals surface area contributed by atoms with Crippen molar-refractivity contribution >= 4 is 15.9 Å². The van der Waals surface area contributed by atoms with Gasteiger partial charge < -0.3 is 10.2 Å². The van der Waals surface area contributed by atoms with Crippen LogP contribution in [-0.2, 0) is 21.2 Å². The lowest BCUT2D eigenvalue weighted by atomic mass is 9.96. The third-order valence-electron chi connectivity index (χ3n) is 7.58. The van der Waals surface area contributed by atoms with Gasteiger partial charge in [0.05, 0.1) is 11.7 Å². The lowest BCUT2D eigenvalue weighted by Crippen LogP contribution is -2.46. The van der Waals surface area contributed by atoms with Crippen LogP contribution in [0.25, 0.3) is 0 Å². The third kappa shape index (κ3) is 9.32. The molecule has 1 amide bonds. The Morgan fingerprint density at radius 1 is 0.974 bits per heavy atom. The molecule has 0 unspecified atom stereocenters. The molecule has 0 bridgehead atoms. The Kier molecular flexibility index (Phi) is 11.0. The first-order valence-corrected chi connectivity index (χ1v) is 14.8. The van der Waals surface area contributed by atoms with Gasteiger partial charge in [0.2, 0.25) is 21.9 Å². The van der Waals surface area contributed by atoms with Crippen molar-refractivity contribution in [1.82, 2.24) is 14.9 Å². The van der Waals surface area contributed by atoms with Crippen LogP contribution in [0, 0.1) is 5.82 Å². The van der Waals surface area contributed by atoms with E-state index < -0.39 is 40.1 Å². The molecule has 10 heteroatoms. The quantitative estimate of drug-likeness (QED) is 0.413. The molecule has 39 heavy (non-hydrogen) atoms.